The van der Waals surface area contributed by atoms with E-state index < -0.39 is 5.97 Å². The molecule has 4 heteroatoms. The lowest BCUT2D eigenvalue weighted by atomic mass is 10.2. The molecular weight excluding hydrogens is 304 g/mol. The second kappa shape index (κ2) is 17.5. The first kappa shape index (κ1) is 22.2. The van der Waals surface area contributed by atoms with Gasteiger partial charge in [0.25, 0.3) is 0 Å². The van der Waals surface area contributed by atoms with Crippen molar-refractivity contribution in [3.8, 4) is 0 Å². The van der Waals surface area contributed by atoms with Gasteiger partial charge in [0, 0.05) is 12.8 Å². The maximum absolute atomic E-state index is 10.3. The first-order valence-electron chi connectivity index (χ1n) is 8.89. The number of allylic oxidation sites excluding steroid dienone is 7. The van der Waals surface area contributed by atoms with E-state index in [-0.39, 0.29) is 6.42 Å². The highest BCUT2D eigenvalue weighted by Gasteiger charge is 1.94. The molecule has 2 N–H and O–H groups in total. The molecule has 0 aliphatic rings. The van der Waals surface area contributed by atoms with Gasteiger partial charge in [0.05, 0.1) is 0 Å². The zero-order valence-corrected chi connectivity index (χ0v) is 14.8. The van der Waals surface area contributed by atoms with Gasteiger partial charge in [-0.1, -0.05) is 56.2 Å². The summed E-state index contributed by atoms with van der Waals surface area (Å²) in [4.78, 5) is 14.7. The van der Waals surface area contributed by atoms with Crippen LogP contribution in [-0.4, -0.2) is 16.3 Å². The van der Waals surface area contributed by atoms with Crippen LogP contribution in [0.3, 0.4) is 0 Å². The highest BCUT2D eigenvalue weighted by atomic mass is 17.1. The zero-order valence-electron chi connectivity index (χ0n) is 14.8. The van der Waals surface area contributed by atoms with Crippen molar-refractivity contribution in [2.45, 2.75) is 71.1 Å². The first-order chi connectivity index (χ1) is 11.7. The Morgan fingerprint density at radius 2 is 1.67 bits per heavy atom. The Balaban J connectivity index is 3.81. The van der Waals surface area contributed by atoms with Crippen LogP contribution in [0.1, 0.15) is 71.1 Å². The molecule has 0 aromatic heterocycles. The summed E-state index contributed by atoms with van der Waals surface area (Å²) in [7, 11) is 0. The van der Waals surface area contributed by atoms with Gasteiger partial charge in [-0.25, -0.2) is 5.26 Å². The first-order valence-corrected chi connectivity index (χ1v) is 8.89. The summed E-state index contributed by atoms with van der Waals surface area (Å²) in [6.45, 7) is 2.19. The van der Waals surface area contributed by atoms with Crippen molar-refractivity contribution in [1.29, 1.82) is 0 Å². The van der Waals surface area contributed by atoms with Crippen molar-refractivity contribution in [3.63, 3.8) is 0 Å². The maximum Gasteiger partial charge on any atom is 0.303 e. The van der Waals surface area contributed by atoms with Crippen LogP contribution in [0.15, 0.2) is 48.3 Å². The Hall–Kier alpha value is -1.81. The molecule has 0 rings (SSSR count). The van der Waals surface area contributed by atoms with Crippen LogP contribution in [0, 0.1) is 0 Å². The van der Waals surface area contributed by atoms with Gasteiger partial charge < -0.3 is 9.99 Å². The van der Waals surface area contributed by atoms with E-state index in [2.05, 4.69) is 17.9 Å². The molecular formula is C20H32O4. The molecule has 0 aromatic carbocycles. The Morgan fingerprint density at radius 1 is 0.958 bits per heavy atom. The van der Waals surface area contributed by atoms with Crippen molar-refractivity contribution in [3.05, 3.63) is 48.3 Å². The van der Waals surface area contributed by atoms with Gasteiger partial charge >= 0.3 is 5.97 Å². The molecule has 0 spiro atoms. The monoisotopic (exact) mass is 336 g/mol. The molecule has 0 aliphatic heterocycles. The number of hydrogen-bond donors (Lipinski definition) is 2. The van der Waals surface area contributed by atoms with Crippen LogP contribution in [0.4, 0.5) is 0 Å². The van der Waals surface area contributed by atoms with E-state index in [1.54, 1.807) is 0 Å². The molecule has 0 saturated heterocycles. The van der Waals surface area contributed by atoms with E-state index >= 15 is 0 Å². The Morgan fingerprint density at radius 3 is 2.38 bits per heavy atom. The highest BCUT2D eigenvalue weighted by Crippen LogP contribution is 2.07. The molecule has 0 unspecified atom stereocenters. The molecule has 0 amide bonds. The SMILES string of the molecule is CCCCC/C=C\C/C(=C\C/C=C\C=C\CCCCC(=O)O)OO. The molecule has 0 aliphatic carbocycles. The van der Waals surface area contributed by atoms with E-state index in [0.29, 0.717) is 18.6 Å². The van der Waals surface area contributed by atoms with Crippen LogP contribution < -0.4 is 0 Å². The molecule has 0 saturated carbocycles. The molecule has 0 atom stereocenters. The fourth-order valence-electron chi connectivity index (χ4n) is 2.06. The number of carboxylic acid groups (broad SMARTS) is 1. The average molecular weight is 336 g/mol. The standard InChI is InChI=1S/C20H32O4/c1-2-3-4-5-10-13-16-19(24-23)17-14-11-8-6-7-9-12-15-18-20(21)22/h6-8,10-11,13,17,23H,2-5,9,12,14-16,18H2,1H3,(H,21,22)/b7-6+,11-8-,13-10-,19-17+. The van der Waals surface area contributed by atoms with Crippen molar-refractivity contribution < 1.29 is 20.0 Å². The minimum atomic E-state index is -0.733. The van der Waals surface area contributed by atoms with Crippen molar-refractivity contribution in [2.24, 2.45) is 0 Å². The lowest BCUT2D eigenvalue weighted by Gasteiger charge is -1.98. The van der Waals surface area contributed by atoms with Gasteiger partial charge in [0.1, 0.15) is 5.76 Å². The second-order valence-electron chi connectivity index (χ2n) is 5.66. The summed E-state index contributed by atoms with van der Waals surface area (Å²) in [6, 6.07) is 0. The predicted octanol–water partition coefficient (Wildman–Crippen LogP) is 6.03. The third-order valence-corrected chi connectivity index (χ3v) is 3.45. The predicted molar refractivity (Wildman–Crippen MR) is 98.7 cm³/mol. The van der Waals surface area contributed by atoms with Gasteiger partial charge in [-0.05, 0) is 44.6 Å². The summed E-state index contributed by atoms with van der Waals surface area (Å²) in [5.41, 5.74) is 0. The summed E-state index contributed by atoms with van der Waals surface area (Å²) in [6.07, 6.45) is 22.7. The molecule has 24 heavy (non-hydrogen) atoms. The van der Waals surface area contributed by atoms with E-state index in [1.807, 2.05) is 36.5 Å². The fourth-order valence-corrected chi connectivity index (χ4v) is 2.06. The molecule has 4 nitrogen and oxygen atoms in total. The number of carbonyl (C=O) groups is 1. The molecule has 136 valence electrons. The van der Waals surface area contributed by atoms with E-state index in [1.165, 1.54) is 19.3 Å². The van der Waals surface area contributed by atoms with Crippen LogP contribution in [-0.2, 0) is 9.68 Å². The Labute approximate surface area is 146 Å². The maximum atomic E-state index is 10.3. The van der Waals surface area contributed by atoms with Gasteiger partial charge in [-0.2, -0.15) is 0 Å². The average Bonchev–Trinajstić information content (AvgIpc) is 2.57. The molecule has 0 bridgehead atoms. The number of hydrogen-bond acceptors (Lipinski definition) is 3. The third-order valence-electron chi connectivity index (χ3n) is 3.45. The van der Waals surface area contributed by atoms with Crippen LogP contribution in [0.5, 0.6) is 0 Å². The van der Waals surface area contributed by atoms with Crippen LogP contribution in [0.25, 0.3) is 0 Å². The summed E-state index contributed by atoms with van der Waals surface area (Å²) >= 11 is 0. The highest BCUT2D eigenvalue weighted by molar-refractivity contribution is 5.66. The Kier molecular flexibility index (Phi) is 16.2. The zero-order chi connectivity index (χ0) is 17.9. The summed E-state index contributed by atoms with van der Waals surface area (Å²) in [5, 5.41) is 17.4. The lowest BCUT2D eigenvalue weighted by molar-refractivity contribution is -0.204. The summed E-state index contributed by atoms with van der Waals surface area (Å²) in [5.74, 6) is -0.174. The minimum Gasteiger partial charge on any atom is -0.481 e. The minimum absolute atomic E-state index is 0.242. The molecule has 0 heterocycles. The van der Waals surface area contributed by atoms with Gasteiger partial charge in [-0.3, -0.25) is 4.79 Å². The van der Waals surface area contributed by atoms with E-state index in [0.717, 1.165) is 25.7 Å². The quantitative estimate of drug-likeness (QED) is 0.0956. The largest absolute Gasteiger partial charge is 0.481 e. The second-order valence-corrected chi connectivity index (χ2v) is 5.66. The van der Waals surface area contributed by atoms with Crippen molar-refractivity contribution >= 4 is 5.97 Å². The van der Waals surface area contributed by atoms with E-state index in [4.69, 9.17) is 10.4 Å². The Bertz CT molecular complexity index is 419. The van der Waals surface area contributed by atoms with Crippen LogP contribution in [0.2, 0.25) is 0 Å². The number of carboxylic acids is 1. The van der Waals surface area contributed by atoms with Gasteiger partial charge in [-0.15, -0.1) is 0 Å². The molecule has 0 fully saturated rings. The lowest BCUT2D eigenvalue weighted by Crippen LogP contribution is -1.92. The molecule has 0 aromatic rings. The number of aliphatic carboxylic acids is 1. The van der Waals surface area contributed by atoms with Crippen molar-refractivity contribution in [1.82, 2.24) is 0 Å². The van der Waals surface area contributed by atoms with E-state index in [9.17, 15) is 4.79 Å². The smallest absolute Gasteiger partial charge is 0.303 e. The summed E-state index contributed by atoms with van der Waals surface area (Å²) < 4.78 is 0. The third kappa shape index (κ3) is 16.6. The van der Waals surface area contributed by atoms with Crippen molar-refractivity contribution in [2.75, 3.05) is 0 Å². The molecule has 0 radical (unpaired) electrons. The van der Waals surface area contributed by atoms with Gasteiger partial charge in [0.2, 0.25) is 0 Å². The van der Waals surface area contributed by atoms with Crippen LogP contribution >= 0.6 is 0 Å². The fraction of sp³-hybridized carbons (Fsp3) is 0.550. The normalized spacial score (nSPS) is 12.7. The topological polar surface area (TPSA) is 66.8 Å². The number of rotatable bonds is 15. The number of unbranched alkanes of at least 4 members (excludes halogenated alkanes) is 5. The van der Waals surface area contributed by atoms with Gasteiger partial charge in [0.15, 0.2) is 0 Å².